The summed E-state index contributed by atoms with van der Waals surface area (Å²) in [5.74, 6) is 1.05. The van der Waals surface area contributed by atoms with Crippen molar-refractivity contribution >= 4 is 0 Å². The fourth-order valence-corrected chi connectivity index (χ4v) is 1.97. The quantitative estimate of drug-likeness (QED) is 0.796. The second-order valence-corrected chi connectivity index (χ2v) is 3.88. The van der Waals surface area contributed by atoms with Crippen LogP contribution < -0.4 is 5.32 Å². The molecule has 0 radical (unpaired) electrons. The SMILES string of the molecule is COCCn1cnnc1[C@@H]1CCCCN1. The molecule has 0 aliphatic carbocycles. The average molecular weight is 210 g/mol. The van der Waals surface area contributed by atoms with Crippen LogP contribution in [0.3, 0.4) is 0 Å². The van der Waals surface area contributed by atoms with Crippen LogP contribution in [0.4, 0.5) is 0 Å². The van der Waals surface area contributed by atoms with Gasteiger partial charge in [-0.1, -0.05) is 6.42 Å². The first-order chi connectivity index (χ1) is 7.42. The van der Waals surface area contributed by atoms with Crippen molar-refractivity contribution in [3.05, 3.63) is 12.2 Å². The number of hydrogen-bond donors (Lipinski definition) is 1. The molecule has 0 spiro atoms. The van der Waals surface area contributed by atoms with E-state index in [0.29, 0.717) is 12.6 Å². The Morgan fingerprint density at radius 2 is 2.53 bits per heavy atom. The lowest BCUT2D eigenvalue weighted by molar-refractivity contribution is 0.185. The summed E-state index contributed by atoms with van der Waals surface area (Å²) in [6, 6.07) is 0.373. The molecule has 2 heterocycles. The van der Waals surface area contributed by atoms with E-state index in [0.717, 1.165) is 25.3 Å². The molecule has 84 valence electrons. The highest BCUT2D eigenvalue weighted by Crippen LogP contribution is 2.20. The van der Waals surface area contributed by atoms with Gasteiger partial charge in [-0.15, -0.1) is 10.2 Å². The van der Waals surface area contributed by atoms with E-state index >= 15 is 0 Å². The van der Waals surface area contributed by atoms with Gasteiger partial charge in [0.25, 0.3) is 0 Å². The zero-order chi connectivity index (χ0) is 10.5. The van der Waals surface area contributed by atoms with Crippen molar-refractivity contribution in [3.63, 3.8) is 0 Å². The standard InChI is InChI=1S/C10H18N4O/c1-15-7-6-14-8-12-13-10(14)9-4-2-3-5-11-9/h8-9,11H,2-7H2,1H3/t9-/m0/s1. The van der Waals surface area contributed by atoms with Crippen molar-refractivity contribution in [1.82, 2.24) is 20.1 Å². The van der Waals surface area contributed by atoms with Crippen molar-refractivity contribution in [2.24, 2.45) is 0 Å². The van der Waals surface area contributed by atoms with Crippen LogP contribution >= 0.6 is 0 Å². The van der Waals surface area contributed by atoms with Crippen LogP contribution in [0, 0.1) is 0 Å². The highest BCUT2D eigenvalue weighted by Gasteiger charge is 2.19. The number of nitrogens with zero attached hydrogens (tertiary/aromatic N) is 3. The fourth-order valence-electron chi connectivity index (χ4n) is 1.97. The zero-order valence-electron chi connectivity index (χ0n) is 9.15. The van der Waals surface area contributed by atoms with Crippen LogP contribution in [0.25, 0.3) is 0 Å². The van der Waals surface area contributed by atoms with Gasteiger partial charge in [-0.25, -0.2) is 0 Å². The molecule has 1 atom stereocenters. The Morgan fingerprint density at radius 3 is 3.27 bits per heavy atom. The number of hydrogen-bond acceptors (Lipinski definition) is 4. The third kappa shape index (κ3) is 2.54. The summed E-state index contributed by atoms with van der Waals surface area (Å²) in [6.07, 6.45) is 5.48. The summed E-state index contributed by atoms with van der Waals surface area (Å²) in [5, 5.41) is 11.6. The molecular weight excluding hydrogens is 192 g/mol. The minimum absolute atomic E-state index is 0.373. The van der Waals surface area contributed by atoms with Crippen molar-refractivity contribution in [1.29, 1.82) is 0 Å². The third-order valence-electron chi connectivity index (χ3n) is 2.80. The molecule has 1 aliphatic rings. The highest BCUT2D eigenvalue weighted by atomic mass is 16.5. The van der Waals surface area contributed by atoms with Crippen LogP contribution in [0.15, 0.2) is 6.33 Å². The largest absolute Gasteiger partial charge is 0.383 e. The van der Waals surface area contributed by atoms with Gasteiger partial charge < -0.3 is 14.6 Å². The van der Waals surface area contributed by atoms with E-state index in [-0.39, 0.29) is 0 Å². The van der Waals surface area contributed by atoms with Gasteiger partial charge in [0.2, 0.25) is 0 Å². The van der Waals surface area contributed by atoms with Gasteiger partial charge in [0.1, 0.15) is 12.2 Å². The van der Waals surface area contributed by atoms with Crippen LogP contribution in [0.1, 0.15) is 31.1 Å². The second-order valence-electron chi connectivity index (χ2n) is 3.88. The third-order valence-corrected chi connectivity index (χ3v) is 2.80. The zero-order valence-corrected chi connectivity index (χ0v) is 9.15. The molecule has 5 nitrogen and oxygen atoms in total. The summed E-state index contributed by atoms with van der Waals surface area (Å²) in [4.78, 5) is 0. The molecule has 1 aromatic heterocycles. The predicted molar refractivity (Wildman–Crippen MR) is 56.5 cm³/mol. The lowest BCUT2D eigenvalue weighted by atomic mass is 10.0. The first-order valence-electron chi connectivity index (χ1n) is 5.52. The normalized spacial score (nSPS) is 21.8. The maximum absolute atomic E-state index is 5.06. The number of aromatic nitrogens is 3. The van der Waals surface area contributed by atoms with Crippen molar-refractivity contribution in [3.8, 4) is 0 Å². The Morgan fingerprint density at radius 1 is 1.60 bits per heavy atom. The van der Waals surface area contributed by atoms with Gasteiger partial charge in [0.15, 0.2) is 0 Å². The first kappa shape index (κ1) is 10.6. The van der Waals surface area contributed by atoms with Gasteiger partial charge in [-0.05, 0) is 19.4 Å². The van der Waals surface area contributed by atoms with Crippen LogP contribution in [-0.2, 0) is 11.3 Å². The first-order valence-corrected chi connectivity index (χ1v) is 5.52. The molecule has 1 aromatic rings. The maximum atomic E-state index is 5.06. The molecule has 0 unspecified atom stereocenters. The smallest absolute Gasteiger partial charge is 0.150 e. The molecule has 2 rings (SSSR count). The van der Waals surface area contributed by atoms with Crippen LogP contribution in [0.2, 0.25) is 0 Å². The number of rotatable bonds is 4. The Bertz CT molecular complexity index is 293. The van der Waals surface area contributed by atoms with Crippen molar-refractivity contribution in [2.75, 3.05) is 20.3 Å². The predicted octanol–water partition coefficient (Wildman–Crippen LogP) is 0.739. The Hall–Kier alpha value is -0.940. The monoisotopic (exact) mass is 210 g/mol. The average Bonchev–Trinajstić information content (AvgIpc) is 2.75. The summed E-state index contributed by atoms with van der Waals surface area (Å²) in [6.45, 7) is 2.62. The summed E-state index contributed by atoms with van der Waals surface area (Å²) < 4.78 is 7.14. The molecule has 0 aromatic carbocycles. The van der Waals surface area contributed by atoms with Crippen molar-refractivity contribution < 1.29 is 4.74 Å². The fraction of sp³-hybridized carbons (Fsp3) is 0.800. The molecule has 0 amide bonds. The highest BCUT2D eigenvalue weighted by molar-refractivity contribution is 4.96. The minimum Gasteiger partial charge on any atom is -0.383 e. The Labute approximate surface area is 89.8 Å². The number of piperidine rings is 1. The molecule has 0 saturated carbocycles. The van der Waals surface area contributed by atoms with Gasteiger partial charge in [0, 0.05) is 13.7 Å². The summed E-state index contributed by atoms with van der Waals surface area (Å²) >= 11 is 0. The number of ether oxygens (including phenoxy) is 1. The van der Waals surface area contributed by atoms with Crippen LogP contribution in [0.5, 0.6) is 0 Å². The molecule has 1 N–H and O–H groups in total. The molecule has 1 saturated heterocycles. The lowest BCUT2D eigenvalue weighted by Gasteiger charge is -2.22. The van der Waals surface area contributed by atoms with E-state index in [1.54, 1.807) is 13.4 Å². The van der Waals surface area contributed by atoms with E-state index in [2.05, 4.69) is 20.1 Å². The number of methoxy groups -OCH3 is 1. The van der Waals surface area contributed by atoms with Gasteiger partial charge >= 0.3 is 0 Å². The maximum Gasteiger partial charge on any atom is 0.150 e. The van der Waals surface area contributed by atoms with E-state index < -0.39 is 0 Å². The van der Waals surface area contributed by atoms with Gasteiger partial charge in [-0.2, -0.15) is 0 Å². The minimum atomic E-state index is 0.373. The van der Waals surface area contributed by atoms with Crippen LogP contribution in [-0.4, -0.2) is 35.0 Å². The summed E-state index contributed by atoms with van der Waals surface area (Å²) in [5.41, 5.74) is 0. The van der Waals surface area contributed by atoms with E-state index in [9.17, 15) is 0 Å². The molecular formula is C10H18N4O. The molecule has 0 bridgehead atoms. The number of nitrogens with one attached hydrogen (secondary N) is 1. The van der Waals surface area contributed by atoms with E-state index in [1.165, 1.54) is 12.8 Å². The van der Waals surface area contributed by atoms with Gasteiger partial charge in [0.05, 0.1) is 12.6 Å². The lowest BCUT2D eigenvalue weighted by Crippen LogP contribution is -2.29. The molecule has 1 fully saturated rings. The molecule has 1 aliphatic heterocycles. The van der Waals surface area contributed by atoms with Gasteiger partial charge in [-0.3, -0.25) is 0 Å². The van der Waals surface area contributed by atoms with Crippen molar-refractivity contribution in [2.45, 2.75) is 31.8 Å². The molecule has 15 heavy (non-hydrogen) atoms. The molecule has 5 heteroatoms. The van der Waals surface area contributed by atoms with E-state index in [4.69, 9.17) is 4.74 Å². The Balaban J connectivity index is 2.02. The van der Waals surface area contributed by atoms with E-state index in [1.807, 2.05) is 0 Å². The second kappa shape index (κ2) is 5.23. The Kier molecular flexibility index (Phi) is 3.69. The topological polar surface area (TPSA) is 52.0 Å². The summed E-state index contributed by atoms with van der Waals surface area (Å²) in [7, 11) is 1.71.